The Morgan fingerprint density at radius 3 is 2.43 bits per heavy atom. The summed E-state index contributed by atoms with van der Waals surface area (Å²) < 4.78 is 50.5. The third-order valence-electron chi connectivity index (χ3n) is 6.70. The predicted molar refractivity (Wildman–Crippen MR) is 148 cm³/mol. The molecule has 42 heavy (non-hydrogen) atoms. The summed E-state index contributed by atoms with van der Waals surface area (Å²) >= 11 is 0. The van der Waals surface area contributed by atoms with Gasteiger partial charge >= 0.3 is 17.8 Å². The topological polar surface area (TPSA) is 106 Å². The fourth-order valence-corrected chi connectivity index (χ4v) is 4.72. The molecule has 5 aromatic rings. The number of alkyl halides is 3. The molecule has 0 aliphatic heterocycles. The van der Waals surface area contributed by atoms with Gasteiger partial charge in [0.05, 0.1) is 29.4 Å². The monoisotopic (exact) mass is 580 g/mol. The van der Waals surface area contributed by atoms with Crippen LogP contribution in [0, 0.1) is 0 Å². The number of aromatic nitrogens is 6. The normalized spacial score (nSPS) is 11.7. The largest absolute Gasteiger partial charge is 0.440 e. The second-order valence-electron chi connectivity index (χ2n) is 9.57. The van der Waals surface area contributed by atoms with E-state index in [4.69, 9.17) is 4.74 Å². The SMILES string of the molecule is CCCn1c(=O)c2c(nc(-c3cnn(Cc4cccc(C(F)(F)F)c4)c3)n2COC(=O)c2ccccc2)n(CC)c1=O. The molecule has 0 saturated carbocycles. The highest BCUT2D eigenvalue weighted by Gasteiger charge is 2.30. The molecular formula is C29H27F3N6O4. The van der Waals surface area contributed by atoms with Gasteiger partial charge in [0.1, 0.15) is 5.82 Å². The maximum Gasteiger partial charge on any atom is 0.416 e. The highest BCUT2D eigenvalue weighted by Crippen LogP contribution is 2.30. The molecule has 218 valence electrons. The van der Waals surface area contributed by atoms with Crippen molar-refractivity contribution in [1.82, 2.24) is 28.5 Å². The van der Waals surface area contributed by atoms with Crippen LogP contribution in [0.4, 0.5) is 13.2 Å². The third-order valence-corrected chi connectivity index (χ3v) is 6.70. The number of rotatable bonds is 9. The molecule has 10 nitrogen and oxygen atoms in total. The Balaban J connectivity index is 1.60. The number of aryl methyl sites for hydroxylation is 1. The molecule has 0 fully saturated rings. The molecule has 5 rings (SSSR count). The van der Waals surface area contributed by atoms with Gasteiger partial charge in [-0.25, -0.2) is 14.6 Å². The van der Waals surface area contributed by atoms with Crippen molar-refractivity contribution in [2.75, 3.05) is 0 Å². The first kappa shape index (κ1) is 28.6. The average molecular weight is 581 g/mol. The van der Waals surface area contributed by atoms with Crippen LogP contribution in [-0.2, 0) is 37.3 Å². The smallest absolute Gasteiger partial charge is 0.416 e. The summed E-state index contributed by atoms with van der Waals surface area (Å²) in [6, 6.07) is 13.3. The van der Waals surface area contributed by atoms with Gasteiger partial charge in [0.15, 0.2) is 17.9 Å². The van der Waals surface area contributed by atoms with Gasteiger partial charge in [0.25, 0.3) is 5.56 Å². The van der Waals surface area contributed by atoms with Crippen LogP contribution in [0.15, 0.2) is 76.6 Å². The van der Waals surface area contributed by atoms with Crippen molar-refractivity contribution in [3.05, 3.63) is 105 Å². The van der Waals surface area contributed by atoms with E-state index in [1.165, 1.54) is 26.1 Å². The minimum Gasteiger partial charge on any atom is -0.440 e. The summed E-state index contributed by atoms with van der Waals surface area (Å²) in [4.78, 5) is 44.1. The molecule has 0 aliphatic rings. The number of fused-ring (bicyclic) bond motifs is 1. The molecule has 0 aliphatic carbocycles. The van der Waals surface area contributed by atoms with Gasteiger partial charge in [0.2, 0.25) is 0 Å². The zero-order valence-electron chi connectivity index (χ0n) is 22.8. The van der Waals surface area contributed by atoms with Crippen LogP contribution in [0.2, 0.25) is 0 Å². The molecule has 0 atom stereocenters. The van der Waals surface area contributed by atoms with Crippen molar-refractivity contribution >= 4 is 17.1 Å². The van der Waals surface area contributed by atoms with E-state index >= 15 is 0 Å². The van der Waals surface area contributed by atoms with Crippen LogP contribution in [-0.4, -0.2) is 34.4 Å². The molecule has 0 N–H and O–H groups in total. The van der Waals surface area contributed by atoms with Crippen molar-refractivity contribution in [3.8, 4) is 11.4 Å². The van der Waals surface area contributed by atoms with Gasteiger partial charge < -0.3 is 4.74 Å². The fraction of sp³-hybridized carbons (Fsp3) is 0.276. The van der Waals surface area contributed by atoms with E-state index in [1.807, 2.05) is 6.92 Å². The molecule has 2 aromatic carbocycles. The lowest BCUT2D eigenvalue weighted by molar-refractivity contribution is -0.137. The Morgan fingerprint density at radius 1 is 0.976 bits per heavy atom. The zero-order valence-corrected chi connectivity index (χ0v) is 22.8. The van der Waals surface area contributed by atoms with Crippen molar-refractivity contribution in [2.45, 2.75) is 52.8 Å². The Morgan fingerprint density at radius 2 is 1.74 bits per heavy atom. The second kappa shape index (κ2) is 11.5. The highest BCUT2D eigenvalue weighted by molar-refractivity contribution is 5.89. The number of esters is 1. The number of halogens is 3. The number of benzene rings is 2. The van der Waals surface area contributed by atoms with E-state index in [-0.39, 0.29) is 43.4 Å². The van der Waals surface area contributed by atoms with Gasteiger partial charge in [-0.15, -0.1) is 0 Å². The summed E-state index contributed by atoms with van der Waals surface area (Å²) in [5, 5.41) is 4.29. The van der Waals surface area contributed by atoms with Gasteiger partial charge in [-0.2, -0.15) is 18.3 Å². The summed E-state index contributed by atoms with van der Waals surface area (Å²) in [6.07, 6.45) is -0.928. The molecular weight excluding hydrogens is 553 g/mol. The standard InChI is InChI=1S/C29H27F3N6O4/c1-3-13-37-26(39)23-25(36(4-2)28(37)41)34-24(38(23)18-42-27(40)20-10-6-5-7-11-20)21-15-33-35(17-21)16-19-9-8-12-22(14-19)29(30,31)32/h5-12,14-15,17H,3-4,13,16,18H2,1-2H3. The van der Waals surface area contributed by atoms with Gasteiger partial charge in [0, 0.05) is 19.3 Å². The molecule has 0 unspecified atom stereocenters. The van der Waals surface area contributed by atoms with Crippen LogP contribution in [0.1, 0.15) is 41.8 Å². The quantitative estimate of drug-likeness (QED) is 0.237. The number of nitrogens with zero attached hydrogens (tertiary/aromatic N) is 6. The van der Waals surface area contributed by atoms with Crippen LogP contribution < -0.4 is 11.2 Å². The maximum atomic E-state index is 13.6. The molecule has 0 saturated heterocycles. The summed E-state index contributed by atoms with van der Waals surface area (Å²) in [5.41, 5.74) is -0.552. The fourth-order valence-electron chi connectivity index (χ4n) is 4.72. The molecule has 13 heteroatoms. The first-order valence-electron chi connectivity index (χ1n) is 13.3. The first-order valence-corrected chi connectivity index (χ1v) is 13.3. The van der Waals surface area contributed by atoms with Crippen molar-refractivity contribution in [2.24, 2.45) is 0 Å². The lowest BCUT2D eigenvalue weighted by Gasteiger charge is -2.12. The van der Waals surface area contributed by atoms with Crippen LogP contribution in [0.3, 0.4) is 0 Å². The highest BCUT2D eigenvalue weighted by atomic mass is 19.4. The second-order valence-corrected chi connectivity index (χ2v) is 9.57. The minimum atomic E-state index is -4.48. The number of carbonyl (C=O) groups is 1. The number of hydrogen-bond acceptors (Lipinski definition) is 6. The molecule has 3 heterocycles. The predicted octanol–water partition coefficient (Wildman–Crippen LogP) is 4.53. The van der Waals surface area contributed by atoms with E-state index in [0.29, 0.717) is 23.1 Å². The van der Waals surface area contributed by atoms with E-state index in [2.05, 4.69) is 10.1 Å². The first-order chi connectivity index (χ1) is 20.1. The van der Waals surface area contributed by atoms with Crippen LogP contribution >= 0.6 is 0 Å². The zero-order chi connectivity index (χ0) is 30.0. The Kier molecular flexibility index (Phi) is 7.83. The van der Waals surface area contributed by atoms with E-state index in [1.54, 1.807) is 49.5 Å². The minimum absolute atomic E-state index is 0.0378. The molecule has 0 radical (unpaired) electrons. The van der Waals surface area contributed by atoms with Crippen LogP contribution in [0.5, 0.6) is 0 Å². The lowest BCUT2D eigenvalue weighted by atomic mass is 10.1. The van der Waals surface area contributed by atoms with E-state index < -0.39 is 29.0 Å². The molecule has 0 bridgehead atoms. The number of hydrogen-bond donors (Lipinski definition) is 0. The average Bonchev–Trinajstić information content (AvgIpc) is 3.59. The third kappa shape index (κ3) is 5.49. The summed E-state index contributed by atoms with van der Waals surface area (Å²) in [7, 11) is 0. The Bertz CT molecular complexity index is 1870. The molecule has 0 amide bonds. The van der Waals surface area contributed by atoms with Gasteiger partial charge in [-0.05, 0) is 43.2 Å². The molecule has 3 aromatic heterocycles. The van der Waals surface area contributed by atoms with Gasteiger partial charge in [-0.1, -0.05) is 37.3 Å². The number of carbonyl (C=O) groups excluding carboxylic acids is 1. The summed E-state index contributed by atoms with van der Waals surface area (Å²) in [5.74, 6) is -0.421. The van der Waals surface area contributed by atoms with Crippen LogP contribution in [0.25, 0.3) is 22.6 Å². The lowest BCUT2D eigenvalue weighted by Crippen LogP contribution is -2.40. The number of imidazole rings is 1. The van der Waals surface area contributed by atoms with Gasteiger partial charge in [-0.3, -0.25) is 23.2 Å². The Hall–Kier alpha value is -4.94. The molecule has 0 spiro atoms. The Labute approximate surface area is 237 Å². The summed E-state index contributed by atoms with van der Waals surface area (Å²) in [6.45, 7) is 3.66. The van der Waals surface area contributed by atoms with Crippen molar-refractivity contribution < 1.29 is 22.7 Å². The van der Waals surface area contributed by atoms with E-state index in [9.17, 15) is 27.6 Å². The number of ether oxygens (including phenoxy) is 1. The van der Waals surface area contributed by atoms with Crippen molar-refractivity contribution in [3.63, 3.8) is 0 Å². The maximum absolute atomic E-state index is 13.6. The van der Waals surface area contributed by atoms with E-state index in [0.717, 1.165) is 16.7 Å². The van der Waals surface area contributed by atoms with Crippen molar-refractivity contribution in [1.29, 1.82) is 0 Å².